The fraction of sp³-hybridized carbons (Fsp3) is 0.435. The maximum atomic E-state index is 13.7. The van der Waals surface area contributed by atoms with Crippen molar-refractivity contribution in [2.45, 2.75) is 45.2 Å². The van der Waals surface area contributed by atoms with E-state index in [2.05, 4.69) is 22.2 Å². The molecule has 7 heteroatoms. The number of rotatable bonds is 5. The predicted octanol–water partition coefficient (Wildman–Crippen LogP) is 4.42. The number of pyridine rings is 1. The second-order valence-corrected chi connectivity index (χ2v) is 8.61. The summed E-state index contributed by atoms with van der Waals surface area (Å²) in [7, 11) is 0. The zero-order valence-electron chi connectivity index (χ0n) is 17.0. The van der Waals surface area contributed by atoms with Gasteiger partial charge >= 0.3 is 0 Å². The molecule has 2 aromatic heterocycles. The number of nitrogens with zero attached hydrogens (tertiary/aromatic N) is 3. The highest BCUT2D eigenvalue weighted by Crippen LogP contribution is 2.62. The molecular weight excluding hydrogens is 386 g/mol. The second kappa shape index (κ2) is 7.15. The first kappa shape index (κ1) is 19.2. The van der Waals surface area contributed by atoms with Crippen LogP contribution in [0.4, 0.5) is 8.78 Å². The number of aromatic nitrogens is 3. The Kier molecular flexibility index (Phi) is 4.56. The van der Waals surface area contributed by atoms with Gasteiger partial charge in [-0.1, -0.05) is 6.92 Å². The number of aryl methyl sites for hydroxylation is 1. The number of carbonyl (C=O) groups excluding carboxylic acids is 1. The topological polar surface area (TPSA) is 59.8 Å². The highest BCUT2D eigenvalue weighted by Gasteiger charge is 2.59. The minimum atomic E-state index is -0.868. The molecule has 1 unspecified atom stereocenters. The van der Waals surface area contributed by atoms with E-state index in [0.29, 0.717) is 34.4 Å². The van der Waals surface area contributed by atoms with Crippen LogP contribution in [0.15, 0.2) is 36.8 Å². The number of imidazole rings is 1. The van der Waals surface area contributed by atoms with Gasteiger partial charge in [0.15, 0.2) is 11.6 Å². The van der Waals surface area contributed by atoms with Crippen LogP contribution < -0.4 is 5.32 Å². The third-order valence-corrected chi connectivity index (χ3v) is 6.88. The molecule has 0 saturated heterocycles. The number of halogens is 2. The Labute approximate surface area is 173 Å². The number of carbonyl (C=O) groups is 1. The summed E-state index contributed by atoms with van der Waals surface area (Å²) >= 11 is 0. The van der Waals surface area contributed by atoms with Gasteiger partial charge in [0.25, 0.3) is 5.91 Å². The van der Waals surface area contributed by atoms with E-state index in [1.54, 1.807) is 24.7 Å². The van der Waals surface area contributed by atoms with Crippen LogP contribution in [0.1, 0.15) is 48.3 Å². The molecule has 0 aliphatic heterocycles. The summed E-state index contributed by atoms with van der Waals surface area (Å²) in [4.78, 5) is 21.1. The number of nitrogens with one attached hydrogen (secondary N) is 1. The lowest BCUT2D eigenvalue weighted by atomic mass is 9.99. The maximum absolute atomic E-state index is 13.7. The van der Waals surface area contributed by atoms with Gasteiger partial charge in [0.2, 0.25) is 0 Å². The molecule has 1 aromatic carbocycles. The molecule has 3 aromatic rings. The maximum Gasteiger partial charge on any atom is 0.251 e. The minimum absolute atomic E-state index is 0.0491. The van der Waals surface area contributed by atoms with Crippen molar-refractivity contribution in [3.63, 3.8) is 0 Å². The molecule has 1 N–H and O–H groups in total. The molecule has 2 fully saturated rings. The molecule has 2 saturated carbocycles. The predicted molar refractivity (Wildman–Crippen MR) is 109 cm³/mol. The third-order valence-electron chi connectivity index (χ3n) is 6.88. The Morgan fingerprint density at radius 2 is 1.93 bits per heavy atom. The van der Waals surface area contributed by atoms with Crippen LogP contribution in [0.2, 0.25) is 0 Å². The summed E-state index contributed by atoms with van der Waals surface area (Å²) < 4.78 is 29.2. The van der Waals surface area contributed by atoms with Crippen LogP contribution in [0, 0.1) is 36.3 Å². The first-order chi connectivity index (χ1) is 14.5. The summed E-state index contributed by atoms with van der Waals surface area (Å²) in [5, 5.41) is 3.22. The van der Waals surface area contributed by atoms with Crippen molar-refractivity contribution in [2.24, 2.45) is 17.8 Å². The first-order valence-corrected chi connectivity index (χ1v) is 10.5. The van der Waals surface area contributed by atoms with Crippen molar-refractivity contribution in [3.8, 4) is 0 Å². The Morgan fingerprint density at radius 3 is 2.63 bits per heavy atom. The Hall–Kier alpha value is -2.83. The van der Waals surface area contributed by atoms with E-state index in [-0.39, 0.29) is 18.0 Å². The SMILES string of the molecule is CCC(NC(=O)c1ccnc(C)c1)[C@H]1[C@@H]2C[C@@H](n3cnc4cc(F)c(F)cc43)C[C@@H]21. The Morgan fingerprint density at radius 1 is 1.20 bits per heavy atom. The van der Waals surface area contributed by atoms with Crippen LogP contribution in [-0.4, -0.2) is 26.5 Å². The number of fused-ring (bicyclic) bond motifs is 2. The smallest absolute Gasteiger partial charge is 0.251 e. The molecule has 1 amide bonds. The normalized spacial score (nSPS) is 25.9. The molecule has 2 aliphatic rings. The fourth-order valence-electron chi connectivity index (χ4n) is 5.41. The van der Waals surface area contributed by atoms with Gasteiger partial charge in [-0.25, -0.2) is 13.8 Å². The van der Waals surface area contributed by atoms with Gasteiger partial charge in [-0.2, -0.15) is 0 Å². The molecular formula is C23H24F2N4O. The van der Waals surface area contributed by atoms with Gasteiger partial charge in [0.1, 0.15) is 0 Å². The largest absolute Gasteiger partial charge is 0.349 e. The number of benzene rings is 1. The molecule has 30 heavy (non-hydrogen) atoms. The molecule has 156 valence electrons. The van der Waals surface area contributed by atoms with Crippen LogP contribution in [0.25, 0.3) is 11.0 Å². The molecule has 0 spiro atoms. The highest BCUT2D eigenvalue weighted by molar-refractivity contribution is 5.94. The molecule has 0 radical (unpaired) electrons. The lowest BCUT2D eigenvalue weighted by Crippen LogP contribution is -2.37. The van der Waals surface area contributed by atoms with Crippen molar-refractivity contribution in [2.75, 3.05) is 0 Å². The summed E-state index contributed by atoms with van der Waals surface area (Å²) in [6.07, 6.45) is 6.18. The summed E-state index contributed by atoms with van der Waals surface area (Å²) in [5.41, 5.74) is 2.59. The quantitative estimate of drug-likeness (QED) is 0.677. The minimum Gasteiger partial charge on any atom is -0.349 e. The number of amides is 1. The zero-order valence-corrected chi connectivity index (χ0v) is 17.0. The lowest BCUT2D eigenvalue weighted by molar-refractivity contribution is 0.0926. The van der Waals surface area contributed by atoms with E-state index in [9.17, 15) is 13.6 Å². The number of hydrogen-bond donors (Lipinski definition) is 1. The monoisotopic (exact) mass is 410 g/mol. The Bertz CT molecular complexity index is 1120. The summed E-state index contributed by atoms with van der Waals surface area (Å²) in [6.45, 7) is 3.98. The lowest BCUT2D eigenvalue weighted by Gasteiger charge is -2.22. The van der Waals surface area contributed by atoms with Crippen molar-refractivity contribution in [3.05, 3.63) is 59.7 Å². The standard InChI is InChI=1S/C23H24F2N4O/c1-3-19(28-23(30)13-4-5-26-12(2)6-13)22-15-7-14(8-16(15)22)29-11-27-20-9-17(24)18(25)10-21(20)29/h4-6,9-11,14-16,19,22H,3,7-8H2,1-2H3,(H,28,30)/t14-,15-,16+,19?,22+. The summed E-state index contributed by atoms with van der Waals surface area (Å²) in [6, 6.07) is 6.33. The van der Waals surface area contributed by atoms with Crippen LogP contribution in [0.3, 0.4) is 0 Å². The van der Waals surface area contributed by atoms with E-state index in [1.807, 2.05) is 11.5 Å². The molecule has 5 rings (SSSR count). The van der Waals surface area contributed by atoms with Crippen molar-refractivity contribution in [1.29, 1.82) is 0 Å². The van der Waals surface area contributed by atoms with Gasteiger partial charge < -0.3 is 9.88 Å². The van der Waals surface area contributed by atoms with Crippen LogP contribution in [-0.2, 0) is 0 Å². The van der Waals surface area contributed by atoms with Gasteiger partial charge in [-0.3, -0.25) is 9.78 Å². The molecule has 2 aliphatic carbocycles. The van der Waals surface area contributed by atoms with Gasteiger partial charge in [0, 0.05) is 41.7 Å². The summed E-state index contributed by atoms with van der Waals surface area (Å²) in [5.74, 6) is -0.197. The van der Waals surface area contributed by atoms with E-state index in [0.717, 1.165) is 31.0 Å². The van der Waals surface area contributed by atoms with E-state index < -0.39 is 11.6 Å². The van der Waals surface area contributed by atoms with Crippen molar-refractivity contribution < 1.29 is 13.6 Å². The van der Waals surface area contributed by atoms with Crippen molar-refractivity contribution >= 4 is 16.9 Å². The van der Waals surface area contributed by atoms with E-state index in [4.69, 9.17) is 0 Å². The number of hydrogen-bond acceptors (Lipinski definition) is 3. The molecule has 5 nitrogen and oxygen atoms in total. The second-order valence-electron chi connectivity index (χ2n) is 8.61. The average Bonchev–Trinajstić information content (AvgIpc) is 3.03. The first-order valence-electron chi connectivity index (χ1n) is 10.5. The molecule has 2 heterocycles. The van der Waals surface area contributed by atoms with E-state index >= 15 is 0 Å². The van der Waals surface area contributed by atoms with E-state index in [1.165, 1.54) is 6.07 Å². The molecule has 5 atom stereocenters. The van der Waals surface area contributed by atoms with Gasteiger partial charge in [0.05, 0.1) is 17.4 Å². The fourth-order valence-corrected chi connectivity index (χ4v) is 5.41. The van der Waals surface area contributed by atoms with Crippen LogP contribution in [0.5, 0.6) is 0 Å². The average molecular weight is 410 g/mol. The van der Waals surface area contributed by atoms with Crippen molar-refractivity contribution in [1.82, 2.24) is 19.9 Å². The zero-order chi connectivity index (χ0) is 21.0. The van der Waals surface area contributed by atoms with Crippen LogP contribution >= 0.6 is 0 Å². The Balaban J connectivity index is 1.27. The highest BCUT2D eigenvalue weighted by atomic mass is 19.2. The third kappa shape index (κ3) is 3.16. The van der Waals surface area contributed by atoms with Gasteiger partial charge in [-0.05, 0) is 56.1 Å². The van der Waals surface area contributed by atoms with Gasteiger partial charge in [-0.15, -0.1) is 0 Å². The molecule has 0 bridgehead atoms.